The predicted octanol–water partition coefficient (Wildman–Crippen LogP) is 1.18. The second kappa shape index (κ2) is 9.07. The minimum Gasteiger partial charge on any atom is -0.465 e. The van der Waals surface area contributed by atoms with E-state index in [-0.39, 0.29) is 18.2 Å². The highest BCUT2D eigenvalue weighted by atomic mass is 32.2. The standard InChI is InChI=1S/C16H20N4O3S/c1-3-23-15(22)10-17-14(21)11-24-16-19-18-13(20(16)2)9-12-7-5-4-6-8-12/h4-8H,3,9-11H2,1-2H3,(H,17,21). The number of ether oxygens (including phenoxy) is 1. The first-order valence-electron chi connectivity index (χ1n) is 7.57. The third kappa shape index (κ3) is 5.38. The van der Waals surface area contributed by atoms with Crippen molar-refractivity contribution in [1.82, 2.24) is 20.1 Å². The van der Waals surface area contributed by atoms with Gasteiger partial charge in [0.05, 0.1) is 12.4 Å². The van der Waals surface area contributed by atoms with Gasteiger partial charge in [0.25, 0.3) is 0 Å². The van der Waals surface area contributed by atoms with Gasteiger partial charge in [-0.05, 0) is 12.5 Å². The summed E-state index contributed by atoms with van der Waals surface area (Å²) in [6.07, 6.45) is 0.681. The normalized spacial score (nSPS) is 10.4. The fourth-order valence-corrected chi connectivity index (χ4v) is 2.73. The molecule has 0 radical (unpaired) electrons. The quantitative estimate of drug-likeness (QED) is 0.569. The Kier molecular flexibility index (Phi) is 6.80. The van der Waals surface area contributed by atoms with Crippen molar-refractivity contribution in [2.75, 3.05) is 18.9 Å². The molecule has 0 aliphatic rings. The fourth-order valence-electron chi connectivity index (χ4n) is 1.97. The second-order valence-electron chi connectivity index (χ2n) is 4.99. The minimum absolute atomic E-state index is 0.120. The third-order valence-corrected chi connectivity index (χ3v) is 4.22. The van der Waals surface area contributed by atoms with Crippen molar-refractivity contribution in [3.63, 3.8) is 0 Å². The molecule has 0 spiro atoms. The van der Waals surface area contributed by atoms with Crippen LogP contribution in [0.5, 0.6) is 0 Å². The van der Waals surface area contributed by atoms with Gasteiger partial charge in [-0.3, -0.25) is 9.59 Å². The van der Waals surface area contributed by atoms with E-state index in [4.69, 9.17) is 4.74 Å². The molecule has 2 rings (SSSR count). The number of nitrogens with zero attached hydrogens (tertiary/aromatic N) is 3. The van der Waals surface area contributed by atoms with Crippen molar-refractivity contribution < 1.29 is 14.3 Å². The third-order valence-electron chi connectivity index (χ3n) is 3.20. The molecule has 7 nitrogen and oxygen atoms in total. The lowest BCUT2D eigenvalue weighted by Gasteiger charge is -2.05. The Morgan fingerprint density at radius 1 is 1.25 bits per heavy atom. The van der Waals surface area contributed by atoms with Gasteiger partial charge < -0.3 is 14.6 Å². The molecule has 0 fully saturated rings. The van der Waals surface area contributed by atoms with Crippen LogP contribution in [-0.2, 0) is 27.8 Å². The first-order chi connectivity index (χ1) is 11.6. The van der Waals surface area contributed by atoms with E-state index in [2.05, 4.69) is 15.5 Å². The summed E-state index contributed by atoms with van der Waals surface area (Å²) < 4.78 is 6.62. The SMILES string of the molecule is CCOC(=O)CNC(=O)CSc1nnc(Cc2ccccc2)n1C. The topological polar surface area (TPSA) is 86.1 Å². The summed E-state index contributed by atoms with van der Waals surface area (Å²) in [4.78, 5) is 22.9. The number of amides is 1. The molecule has 1 aromatic heterocycles. The lowest BCUT2D eigenvalue weighted by molar-refractivity contribution is -0.143. The molecular formula is C16H20N4O3S. The number of hydrogen-bond acceptors (Lipinski definition) is 6. The summed E-state index contributed by atoms with van der Waals surface area (Å²) in [6, 6.07) is 10.00. The largest absolute Gasteiger partial charge is 0.465 e. The van der Waals surface area contributed by atoms with E-state index < -0.39 is 5.97 Å². The maximum Gasteiger partial charge on any atom is 0.325 e. The van der Waals surface area contributed by atoms with E-state index in [1.807, 2.05) is 41.9 Å². The molecule has 8 heteroatoms. The van der Waals surface area contributed by atoms with Crippen LogP contribution >= 0.6 is 11.8 Å². The van der Waals surface area contributed by atoms with E-state index in [1.54, 1.807) is 6.92 Å². The van der Waals surface area contributed by atoms with Gasteiger partial charge in [0.15, 0.2) is 5.16 Å². The van der Waals surface area contributed by atoms with Gasteiger partial charge in [-0.15, -0.1) is 10.2 Å². The number of hydrogen-bond donors (Lipinski definition) is 1. The molecule has 1 amide bonds. The van der Waals surface area contributed by atoms with Crippen molar-refractivity contribution >= 4 is 23.6 Å². The van der Waals surface area contributed by atoms with Gasteiger partial charge in [0.1, 0.15) is 12.4 Å². The summed E-state index contributed by atoms with van der Waals surface area (Å²) in [5.74, 6) is 0.299. The number of carbonyl (C=O) groups excluding carboxylic acids is 2. The molecule has 0 bridgehead atoms. The van der Waals surface area contributed by atoms with E-state index >= 15 is 0 Å². The highest BCUT2D eigenvalue weighted by molar-refractivity contribution is 7.99. The van der Waals surface area contributed by atoms with Crippen LogP contribution in [-0.4, -0.2) is 45.5 Å². The van der Waals surface area contributed by atoms with Crippen LogP contribution in [0.25, 0.3) is 0 Å². The van der Waals surface area contributed by atoms with Gasteiger partial charge in [-0.2, -0.15) is 0 Å². The zero-order valence-corrected chi connectivity index (χ0v) is 14.5. The summed E-state index contributed by atoms with van der Waals surface area (Å²) in [5, 5.41) is 11.5. The zero-order chi connectivity index (χ0) is 17.4. The molecule has 0 saturated heterocycles. The monoisotopic (exact) mass is 348 g/mol. The number of nitrogens with one attached hydrogen (secondary N) is 1. The summed E-state index contributed by atoms with van der Waals surface area (Å²) >= 11 is 1.28. The van der Waals surface area contributed by atoms with Gasteiger partial charge in [-0.1, -0.05) is 42.1 Å². The van der Waals surface area contributed by atoms with Crippen LogP contribution in [0.15, 0.2) is 35.5 Å². The van der Waals surface area contributed by atoms with Crippen LogP contribution in [0.3, 0.4) is 0 Å². The average Bonchev–Trinajstić information content (AvgIpc) is 2.92. The van der Waals surface area contributed by atoms with Crippen molar-refractivity contribution in [2.45, 2.75) is 18.5 Å². The van der Waals surface area contributed by atoms with E-state index in [9.17, 15) is 9.59 Å². The van der Waals surface area contributed by atoms with Crippen molar-refractivity contribution in [3.05, 3.63) is 41.7 Å². The molecule has 24 heavy (non-hydrogen) atoms. The summed E-state index contributed by atoms with van der Waals surface area (Å²) in [6.45, 7) is 1.90. The maximum absolute atomic E-state index is 11.7. The zero-order valence-electron chi connectivity index (χ0n) is 13.7. The number of thioether (sulfide) groups is 1. The fraction of sp³-hybridized carbons (Fsp3) is 0.375. The Morgan fingerprint density at radius 2 is 2.00 bits per heavy atom. The molecule has 2 aromatic rings. The Morgan fingerprint density at radius 3 is 2.71 bits per heavy atom. The molecule has 0 saturated carbocycles. The number of carbonyl (C=O) groups is 2. The summed E-state index contributed by atoms with van der Waals surface area (Å²) in [7, 11) is 1.87. The van der Waals surface area contributed by atoms with Crippen LogP contribution in [0.2, 0.25) is 0 Å². The Bertz CT molecular complexity index is 688. The first kappa shape index (κ1) is 18.0. The minimum atomic E-state index is -0.445. The van der Waals surface area contributed by atoms with Crippen LogP contribution in [0, 0.1) is 0 Å². The molecule has 0 aliphatic carbocycles. The van der Waals surface area contributed by atoms with Crippen molar-refractivity contribution in [2.24, 2.45) is 7.05 Å². The lowest BCUT2D eigenvalue weighted by Crippen LogP contribution is -2.31. The highest BCUT2D eigenvalue weighted by Gasteiger charge is 2.12. The summed E-state index contributed by atoms with van der Waals surface area (Å²) in [5.41, 5.74) is 1.15. The number of rotatable bonds is 8. The van der Waals surface area contributed by atoms with Gasteiger partial charge >= 0.3 is 5.97 Å². The average molecular weight is 348 g/mol. The molecule has 0 aliphatic heterocycles. The number of aromatic nitrogens is 3. The van der Waals surface area contributed by atoms with Crippen LogP contribution in [0.4, 0.5) is 0 Å². The molecule has 0 atom stereocenters. The first-order valence-corrected chi connectivity index (χ1v) is 8.56. The van der Waals surface area contributed by atoms with Crippen molar-refractivity contribution in [3.8, 4) is 0 Å². The van der Waals surface area contributed by atoms with Crippen molar-refractivity contribution in [1.29, 1.82) is 0 Å². The molecular weight excluding hydrogens is 328 g/mol. The predicted molar refractivity (Wildman–Crippen MR) is 90.6 cm³/mol. The van der Waals surface area contributed by atoms with Crippen LogP contribution < -0.4 is 5.32 Å². The molecule has 1 N–H and O–H groups in total. The van der Waals surface area contributed by atoms with Gasteiger partial charge in [-0.25, -0.2) is 0 Å². The number of benzene rings is 1. The lowest BCUT2D eigenvalue weighted by atomic mass is 10.1. The molecule has 1 aromatic carbocycles. The molecule has 128 valence electrons. The second-order valence-corrected chi connectivity index (χ2v) is 5.93. The van der Waals surface area contributed by atoms with Gasteiger partial charge in [0.2, 0.25) is 5.91 Å². The van der Waals surface area contributed by atoms with Crippen LogP contribution in [0.1, 0.15) is 18.3 Å². The van der Waals surface area contributed by atoms with E-state index in [0.717, 1.165) is 11.4 Å². The smallest absolute Gasteiger partial charge is 0.325 e. The molecule has 0 unspecified atom stereocenters. The van der Waals surface area contributed by atoms with E-state index in [0.29, 0.717) is 18.2 Å². The Hall–Kier alpha value is -2.35. The van der Waals surface area contributed by atoms with Gasteiger partial charge in [0, 0.05) is 13.5 Å². The number of esters is 1. The molecule has 1 heterocycles. The van der Waals surface area contributed by atoms with E-state index in [1.165, 1.54) is 11.8 Å². The highest BCUT2D eigenvalue weighted by Crippen LogP contribution is 2.17. The Balaban J connectivity index is 1.83. The maximum atomic E-state index is 11.7. The Labute approximate surface area is 144 Å².